The molecular weight excluding hydrogens is 220 g/mol. The van der Waals surface area contributed by atoms with Gasteiger partial charge in [-0.3, -0.25) is 14.4 Å². The van der Waals surface area contributed by atoms with Crippen LogP contribution in [0.5, 0.6) is 0 Å². The molecule has 0 bridgehead atoms. The van der Waals surface area contributed by atoms with Crippen molar-refractivity contribution < 1.29 is 19.5 Å². The summed E-state index contributed by atoms with van der Waals surface area (Å²) in [5, 5.41) is 8.37. The van der Waals surface area contributed by atoms with Crippen molar-refractivity contribution in [3.05, 3.63) is 35.9 Å². The molecule has 0 aromatic heterocycles. The fourth-order valence-electron chi connectivity index (χ4n) is 1.12. The molecule has 1 aromatic carbocycles. The molecule has 1 aromatic rings. The van der Waals surface area contributed by atoms with Crippen LogP contribution in [-0.2, 0) is 20.8 Å². The first kappa shape index (κ1) is 15.0. The Morgan fingerprint density at radius 2 is 1.47 bits per heavy atom. The van der Waals surface area contributed by atoms with Gasteiger partial charge < -0.3 is 5.11 Å². The number of carbonyl (C=O) groups excluding carboxylic acids is 2. The van der Waals surface area contributed by atoms with Crippen LogP contribution >= 0.6 is 0 Å². The van der Waals surface area contributed by atoms with Crippen LogP contribution in [0, 0.1) is 0 Å². The number of aliphatic carboxylic acids is 1. The highest BCUT2D eigenvalue weighted by atomic mass is 16.4. The first-order valence-electron chi connectivity index (χ1n) is 5.16. The summed E-state index contributed by atoms with van der Waals surface area (Å²) >= 11 is 0. The van der Waals surface area contributed by atoms with Crippen LogP contribution in [-0.4, -0.2) is 22.6 Å². The molecule has 0 radical (unpaired) electrons. The summed E-state index contributed by atoms with van der Waals surface area (Å²) in [6.07, 6.45) is 0.195. The molecule has 0 saturated carbocycles. The highest BCUT2D eigenvalue weighted by Crippen LogP contribution is 1.98. The minimum atomic E-state index is -0.786. The fraction of sp³-hybridized carbons (Fsp3) is 0.308. The summed E-state index contributed by atoms with van der Waals surface area (Å²) in [5.74, 6) is -0.911. The number of ketones is 2. The molecule has 0 aliphatic carbocycles. The lowest BCUT2D eigenvalue weighted by Crippen LogP contribution is -1.98. The summed E-state index contributed by atoms with van der Waals surface area (Å²) < 4.78 is 0. The third kappa shape index (κ3) is 10.3. The fourth-order valence-corrected chi connectivity index (χ4v) is 1.12. The maximum atomic E-state index is 10.2. The molecule has 0 spiro atoms. The van der Waals surface area contributed by atoms with Gasteiger partial charge in [-0.1, -0.05) is 30.3 Å². The zero-order valence-corrected chi connectivity index (χ0v) is 9.97. The number of rotatable bonds is 4. The van der Waals surface area contributed by atoms with Crippen molar-refractivity contribution in [1.29, 1.82) is 0 Å². The van der Waals surface area contributed by atoms with Crippen molar-refractivity contribution in [1.82, 2.24) is 0 Å². The van der Waals surface area contributed by atoms with Gasteiger partial charge in [-0.15, -0.1) is 0 Å². The summed E-state index contributed by atoms with van der Waals surface area (Å²) in [4.78, 5) is 30.2. The van der Waals surface area contributed by atoms with Crippen molar-refractivity contribution in [2.24, 2.45) is 0 Å². The molecule has 0 aliphatic heterocycles. The van der Waals surface area contributed by atoms with Crippen molar-refractivity contribution in [2.45, 2.75) is 26.7 Å². The number of benzene rings is 1. The number of hydrogen-bond donors (Lipinski definition) is 1. The highest BCUT2D eigenvalue weighted by molar-refractivity contribution is 5.96. The summed E-state index contributed by atoms with van der Waals surface area (Å²) in [6, 6.07) is 9.13. The molecule has 4 heteroatoms. The smallest absolute Gasteiger partial charge is 0.307 e. The summed E-state index contributed by atoms with van der Waals surface area (Å²) in [6.45, 7) is 2.81. The van der Waals surface area contributed by atoms with Crippen molar-refractivity contribution >= 4 is 17.5 Å². The Kier molecular flexibility index (Phi) is 7.26. The normalized spacial score (nSPS) is 8.82. The topological polar surface area (TPSA) is 71.4 Å². The second-order valence-electron chi connectivity index (χ2n) is 3.64. The standard InChI is InChI=1S/C8H8O2.C5H8O2/c9-8(10)6-7-4-2-1-3-5-7;1-4(6)3-5(2)7/h1-5H,6H2,(H,9,10);3H2,1-2H3. The van der Waals surface area contributed by atoms with Gasteiger partial charge in [-0.2, -0.15) is 0 Å². The van der Waals surface area contributed by atoms with Gasteiger partial charge in [0.25, 0.3) is 0 Å². The zero-order valence-electron chi connectivity index (χ0n) is 9.97. The van der Waals surface area contributed by atoms with Crippen molar-refractivity contribution in [3.63, 3.8) is 0 Å². The third-order valence-electron chi connectivity index (χ3n) is 1.70. The first-order chi connectivity index (χ1) is 7.91. The Morgan fingerprint density at radius 1 is 1.00 bits per heavy atom. The zero-order chi connectivity index (χ0) is 13.3. The number of hydrogen-bond acceptors (Lipinski definition) is 3. The second-order valence-corrected chi connectivity index (χ2v) is 3.64. The van der Waals surface area contributed by atoms with E-state index < -0.39 is 5.97 Å². The minimum Gasteiger partial charge on any atom is -0.481 e. The molecule has 0 unspecified atom stereocenters. The molecule has 0 amide bonds. The molecule has 0 fully saturated rings. The Labute approximate surface area is 100 Å². The van der Waals surface area contributed by atoms with Gasteiger partial charge in [0, 0.05) is 0 Å². The minimum absolute atomic E-state index is 0.0625. The molecule has 4 nitrogen and oxygen atoms in total. The van der Waals surface area contributed by atoms with Gasteiger partial charge in [0.05, 0.1) is 12.8 Å². The predicted octanol–water partition coefficient (Wildman–Crippen LogP) is 1.87. The van der Waals surface area contributed by atoms with Gasteiger partial charge in [0.1, 0.15) is 11.6 Å². The molecule has 17 heavy (non-hydrogen) atoms. The third-order valence-corrected chi connectivity index (χ3v) is 1.70. The molecule has 0 atom stereocenters. The van der Waals surface area contributed by atoms with E-state index in [4.69, 9.17) is 5.11 Å². The Bertz CT molecular complexity index is 370. The van der Waals surface area contributed by atoms with E-state index in [-0.39, 0.29) is 24.4 Å². The summed E-state index contributed by atoms with van der Waals surface area (Å²) in [7, 11) is 0. The monoisotopic (exact) mass is 236 g/mol. The Morgan fingerprint density at radius 3 is 1.76 bits per heavy atom. The quantitative estimate of drug-likeness (QED) is 0.810. The number of carboxylic acids is 1. The van der Waals surface area contributed by atoms with Gasteiger partial charge in [0.15, 0.2) is 0 Å². The van der Waals surface area contributed by atoms with E-state index in [1.165, 1.54) is 13.8 Å². The molecule has 0 aliphatic rings. The SMILES string of the molecule is CC(=O)CC(C)=O.O=C(O)Cc1ccccc1. The maximum Gasteiger partial charge on any atom is 0.307 e. The van der Waals surface area contributed by atoms with E-state index in [1.807, 2.05) is 18.2 Å². The lowest BCUT2D eigenvalue weighted by molar-refractivity contribution is -0.136. The first-order valence-corrected chi connectivity index (χ1v) is 5.16. The van der Waals surface area contributed by atoms with Crippen LogP contribution in [0.4, 0.5) is 0 Å². The van der Waals surface area contributed by atoms with Crippen LogP contribution in [0.25, 0.3) is 0 Å². The molecule has 92 valence electrons. The molecule has 0 heterocycles. The maximum absolute atomic E-state index is 10.2. The van der Waals surface area contributed by atoms with Crippen molar-refractivity contribution in [2.75, 3.05) is 0 Å². The molecule has 0 saturated heterocycles. The van der Waals surface area contributed by atoms with Crippen LogP contribution in [0.2, 0.25) is 0 Å². The van der Waals surface area contributed by atoms with Crippen LogP contribution in [0.1, 0.15) is 25.8 Å². The average molecular weight is 236 g/mol. The molecule has 1 rings (SSSR count). The highest BCUT2D eigenvalue weighted by Gasteiger charge is 1.96. The van der Waals surface area contributed by atoms with Crippen LogP contribution < -0.4 is 0 Å². The largest absolute Gasteiger partial charge is 0.481 e. The lowest BCUT2D eigenvalue weighted by atomic mass is 10.2. The van der Waals surface area contributed by atoms with Crippen molar-refractivity contribution in [3.8, 4) is 0 Å². The second kappa shape index (κ2) is 8.21. The number of carboxylic acid groups (broad SMARTS) is 1. The van der Waals surface area contributed by atoms with E-state index in [0.29, 0.717) is 0 Å². The van der Waals surface area contributed by atoms with Gasteiger partial charge in [-0.05, 0) is 19.4 Å². The van der Waals surface area contributed by atoms with E-state index >= 15 is 0 Å². The molecule has 1 N–H and O–H groups in total. The Balaban J connectivity index is 0.000000325. The number of Topliss-reactive ketones (excluding diaryl/α,β-unsaturated/α-hetero) is 2. The van der Waals surface area contributed by atoms with Gasteiger partial charge in [0.2, 0.25) is 0 Å². The van der Waals surface area contributed by atoms with Crippen LogP contribution in [0.15, 0.2) is 30.3 Å². The van der Waals surface area contributed by atoms with E-state index in [0.717, 1.165) is 5.56 Å². The van der Waals surface area contributed by atoms with Gasteiger partial charge in [-0.25, -0.2) is 0 Å². The molecular formula is C13H16O4. The van der Waals surface area contributed by atoms with E-state index in [2.05, 4.69) is 0 Å². The Hall–Kier alpha value is -1.97. The van der Waals surface area contributed by atoms with Gasteiger partial charge >= 0.3 is 5.97 Å². The summed E-state index contributed by atoms with van der Waals surface area (Å²) in [5.41, 5.74) is 0.843. The van der Waals surface area contributed by atoms with Crippen LogP contribution in [0.3, 0.4) is 0 Å². The van der Waals surface area contributed by atoms with E-state index in [9.17, 15) is 14.4 Å². The predicted molar refractivity (Wildman–Crippen MR) is 63.8 cm³/mol. The number of carbonyl (C=O) groups is 3. The average Bonchev–Trinajstić information content (AvgIpc) is 2.16. The van der Waals surface area contributed by atoms with E-state index in [1.54, 1.807) is 12.1 Å². The lowest BCUT2D eigenvalue weighted by Gasteiger charge is -1.92.